The monoisotopic (exact) mass is 299 g/mol. The summed E-state index contributed by atoms with van der Waals surface area (Å²) in [6.07, 6.45) is 0. The molecule has 0 fully saturated rings. The summed E-state index contributed by atoms with van der Waals surface area (Å²) in [6.45, 7) is 0.401. The van der Waals surface area contributed by atoms with E-state index in [0.29, 0.717) is 33.8 Å². The second-order valence-corrected chi connectivity index (χ2v) is 4.55. The third-order valence-electron chi connectivity index (χ3n) is 2.47. The van der Waals surface area contributed by atoms with E-state index in [2.05, 4.69) is 5.32 Å². The maximum atomic E-state index is 11.6. The van der Waals surface area contributed by atoms with Crippen LogP contribution in [0.5, 0.6) is 0 Å². The number of nitrogens with one attached hydrogen (secondary N) is 1. The average molecular weight is 300 g/mol. The number of carbonyl (C=O) groups excluding carboxylic acids is 1. The number of benzene rings is 1. The number of hydrogen-bond donors (Lipinski definition) is 1. The molecule has 0 unspecified atom stereocenters. The molecule has 0 spiro atoms. The molecule has 1 heterocycles. The van der Waals surface area contributed by atoms with E-state index < -0.39 is 5.97 Å². The van der Waals surface area contributed by atoms with E-state index in [9.17, 15) is 4.79 Å². The predicted molar refractivity (Wildman–Crippen MR) is 73.8 cm³/mol. The second-order valence-electron chi connectivity index (χ2n) is 3.74. The van der Waals surface area contributed by atoms with Gasteiger partial charge in [0.2, 0.25) is 0 Å². The van der Waals surface area contributed by atoms with Crippen LogP contribution in [0.4, 0.5) is 5.69 Å². The summed E-state index contributed by atoms with van der Waals surface area (Å²) < 4.78 is 9.92. The third-order valence-corrected chi connectivity index (χ3v) is 2.91. The van der Waals surface area contributed by atoms with Crippen molar-refractivity contribution in [2.24, 2.45) is 0 Å². The van der Waals surface area contributed by atoms with Gasteiger partial charge in [-0.05, 0) is 41.9 Å². The predicted octanol–water partition coefficient (Wildman–Crippen LogP) is 3.99. The fraction of sp³-hybridized carbons (Fsp3) is 0.154. The summed E-state index contributed by atoms with van der Waals surface area (Å²) in [5.74, 6) is 0.207. The molecule has 0 saturated heterocycles. The van der Waals surface area contributed by atoms with Crippen molar-refractivity contribution < 1.29 is 13.9 Å². The molecule has 0 saturated carbocycles. The number of halogens is 2. The van der Waals surface area contributed by atoms with Crippen LogP contribution < -0.4 is 5.32 Å². The van der Waals surface area contributed by atoms with Gasteiger partial charge in [-0.3, -0.25) is 0 Å². The summed E-state index contributed by atoms with van der Waals surface area (Å²) in [6, 6.07) is 8.35. The Morgan fingerprint density at radius 3 is 2.74 bits per heavy atom. The second kappa shape index (κ2) is 5.99. The van der Waals surface area contributed by atoms with Crippen LogP contribution in [0.15, 0.2) is 34.7 Å². The zero-order chi connectivity index (χ0) is 13.8. The molecule has 6 heteroatoms. The molecule has 100 valence electrons. The van der Waals surface area contributed by atoms with Crippen molar-refractivity contribution in [2.45, 2.75) is 6.54 Å². The van der Waals surface area contributed by atoms with Crippen molar-refractivity contribution in [2.75, 3.05) is 12.4 Å². The molecule has 1 N–H and O–H groups in total. The Morgan fingerprint density at radius 1 is 1.32 bits per heavy atom. The lowest BCUT2D eigenvalue weighted by Gasteiger charge is -2.10. The highest BCUT2D eigenvalue weighted by Gasteiger charge is 2.12. The lowest BCUT2D eigenvalue weighted by molar-refractivity contribution is 0.0602. The van der Waals surface area contributed by atoms with Gasteiger partial charge in [-0.1, -0.05) is 11.6 Å². The van der Waals surface area contributed by atoms with Gasteiger partial charge in [0.1, 0.15) is 5.76 Å². The summed E-state index contributed by atoms with van der Waals surface area (Å²) in [5, 5.41) is 3.86. The SMILES string of the molecule is COC(=O)c1cc(Cl)ccc1NCc1ccc(Cl)o1. The maximum absolute atomic E-state index is 11.6. The Bertz CT molecular complexity index is 595. The molecular weight excluding hydrogens is 289 g/mol. The van der Waals surface area contributed by atoms with Gasteiger partial charge in [0.05, 0.1) is 19.2 Å². The van der Waals surface area contributed by atoms with Crippen molar-refractivity contribution in [1.29, 1.82) is 0 Å². The first kappa shape index (κ1) is 13.8. The van der Waals surface area contributed by atoms with Gasteiger partial charge in [-0.25, -0.2) is 4.79 Å². The first-order valence-electron chi connectivity index (χ1n) is 5.46. The van der Waals surface area contributed by atoms with Crippen LogP contribution in [0.1, 0.15) is 16.1 Å². The summed E-state index contributed by atoms with van der Waals surface area (Å²) >= 11 is 11.5. The minimum atomic E-state index is -0.456. The molecule has 4 nitrogen and oxygen atoms in total. The van der Waals surface area contributed by atoms with E-state index in [1.807, 2.05) is 0 Å². The van der Waals surface area contributed by atoms with Crippen LogP contribution in [0.3, 0.4) is 0 Å². The van der Waals surface area contributed by atoms with Crippen molar-refractivity contribution in [1.82, 2.24) is 0 Å². The van der Waals surface area contributed by atoms with Gasteiger partial charge in [-0.15, -0.1) is 0 Å². The van der Waals surface area contributed by atoms with Gasteiger partial charge in [0.15, 0.2) is 5.22 Å². The van der Waals surface area contributed by atoms with Crippen LogP contribution in [0, 0.1) is 0 Å². The van der Waals surface area contributed by atoms with E-state index >= 15 is 0 Å². The molecule has 0 aliphatic carbocycles. The summed E-state index contributed by atoms with van der Waals surface area (Å²) in [4.78, 5) is 11.6. The Kier molecular flexibility index (Phi) is 4.35. The molecule has 1 aromatic carbocycles. The number of esters is 1. The van der Waals surface area contributed by atoms with Crippen LogP contribution in [-0.4, -0.2) is 13.1 Å². The number of anilines is 1. The first-order chi connectivity index (χ1) is 9.10. The molecule has 2 rings (SSSR count). The Balaban J connectivity index is 2.17. The molecule has 0 radical (unpaired) electrons. The highest BCUT2D eigenvalue weighted by atomic mass is 35.5. The van der Waals surface area contributed by atoms with Crippen molar-refractivity contribution in [3.63, 3.8) is 0 Å². The number of carbonyl (C=O) groups is 1. The van der Waals surface area contributed by atoms with E-state index in [1.165, 1.54) is 7.11 Å². The quantitative estimate of drug-likeness (QED) is 0.868. The van der Waals surface area contributed by atoms with E-state index in [4.69, 9.17) is 32.4 Å². The third kappa shape index (κ3) is 3.43. The first-order valence-corrected chi connectivity index (χ1v) is 6.21. The van der Waals surface area contributed by atoms with Gasteiger partial charge >= 0.3 is 5.97 Å². The van der Waals surface area contributed by atoms with Gasteiger partial charge < -0.3 is 14.5 Å². The van der Waals surface area contributed by atoms with Gasteiger partial charge in [0.25, 0.3) is 0 Å². The molecule has 2 aromatic rings. The highest BCUT2D eigenvalue weighted by molar-refractivity contribution is 6.31. The topological polar surface area (TPSA) is 51.5 Å². The van der Waals surface area contributed by atoms with Gasteiger partial charge in [0, 0.05) is 10.7 Å². The molecular formula is C13H11Cl2NO3. The zero-order valence-electron chi connectivity index (χ0n) is 10.1. The minimum absolute atomic E-state index is 0.320. The molecule has 19 heavy (non-hydrogen) atoms. The van der Waals surface area contributed by atoms with E-state index in [1.54, 1.807) is 30.3 Å². The number of methoxy groups -OCH3 is 1. The standard InChI is InChI=1S/C13H11Cl2NO3/c1-18-13(17)10-6-8(14)2-4-11(10)16-7-9-3-5-12(15)19-9/h2-6,16H,7H2,1H3. The number of rotatable bonds is 4. The van der Waals surface area contributed by atoms with Crippen LogP contribution in [0.2, 0.25) is 10.2 Å². The highest BCUT2D eigenvalue weighted by Crippen LogP contribution is 2.23. The smallest absolute Gasteiger partial charge is 0.340 e. The molecule has 0 bridgehead atoms. The van der Waals surface area contributed by atoms with Crippen molar-refractivity contribution in [3.05, 3.63) is 51.9 Å². The molecule has 1 aromatic heterocycles. The maximum Gasteiger partial charge on any atom is 0.340 e. The number of ether oxygens (including phenoxy) is 1. The van der Waals surface area contributed by atoms with Crippen LogP contribution >= 0.6 is 23.2 Å². The van der Waals surface area contributed by atoms with Crippen molar-refractivity contribution >= 4 is 34.9 Å². The fourth-order valence-corrected chi connectivity index (χ4v) is 1.91. The molecule has 0 aliphatic rings. The molecule has 0 aliphatic heterocycles. The summed E-state index contributed by atoms with van der Waals surface area (Å²) in [7, 11) is 1.32. The Hall–Kier alpha value is -1.65. The number of hydrogen-bond acceptors (Lipinski definition) is 4. The summed E-state index contributed by atoms with van der Waals surface area (Å²) in [5.41, 5.74) is 0.983. The van der Waals surface area contributed by atoms with Gasteiger partial charge in [-0.2, -0.15) is 0 Å². The van der Waals surface area contributed by atoms with Crippen LogP contribution in [0.25, 0.3) is 0 Å². The van der Waals surface area contributed by atoms with E-state index in [-0.39, 0.29) is 0 Å². The minimum Gasteiger partial charge on any atom is -0.465 e. The Morgan fingerprint density at radius 2 is 2.11 bits per heavy atom. The molecule has 0 atom stereocenters. The largest absolute Gasteiger partial charge is 0.465 e. The number of furan rings is 1. The normalized spacial score (nSPS) is 10.3. The zero-order valence-corrected chi connectivity index (χ0v) is 11.6. The molecule has 0 amide bonds. The lowest BCUT2D eigenvalue weighted by Crippen LogP contribution is -2.08. The Labute approximate surface area is 120 Å². The fourth-order valence-electron chi connectivity index (χ4n) is 1.58. The van der Waals surface area contributed by atoms with Crippen LogP contribution in [-0.2, 0) is 11.3 Å². The lowest BCUT2D eigenvalue weighted by atomic mass is 10.1. The van der Waals surface area contributed by atoms with E-state index in [0.717, 1.165) is 0 Å². The average Bonchev–Trinajstić information content (AvgIpc) is 2.82. The van der Waals surface area contributed by atoms with Crippen molar-refractivity contribution in [3.8, 4) is 0 Å².